The van der Waals surface area contributed by atoms with Crippen LogP contribution in [0, 0.1) is 0 Å². The summed E-state index contributed by atoms with van der Waals surface area (Å²) in [7, 11) is 0. The molecule has 0 amide bonds. The van der Waals surface area contributed by atoms with Gasteiger partial charge >= 0.3 is 0 Å². The number of nitrogens with two attached hydrogens (primary N) is 1. The highest BCUT2D eigenvalue weighted by Gasteiger charge is 2.15. The summed E-state index contributed by atoms with van der Waals surface area (Å²) in [6.07, 6.45) is 2.86. The first-order valence-corrected chi connectivity index (χ1v) is 6.72. The molecule has 0 radical (unpaired) electrons. The molecular formula is C13H17BrN2O. The summed E-state index contributed by atoms with van der Waals surface area (Å²) in [6.45, 7) is 2.67. The number of halogens is 1. The summed E-state index contributed by atoms with van der Waals surface area (Å²) in [5.74, 6) is 0.247. The number of anilines is 1. The summed E-state index contributed by atoms with van der Waals surface area (Å²) in [4.78, 5) is 14.1. The third kappa shape index (κ3) is 3.54. The molecule has 4 heteroatoms. The van der Waals surface area contributed by atoms with E-state index in [0.717, 1.165) is 23.1 Å². The van der Waals surface area contributed by atoms with Crippen LogP contribution in [0.15, 0.2) is 22.7 Å². The number of ketones is 1. The molecular weight excluding hydrogens is 280 g/mol. The van der Waals surface area contributed by atoms with Crippen LogP contribution in [0.2, 0.25) is 0 Å². The van der Waals surface area contributed by atoms with Crippen molar-refractivity contribution in [2.75, 3.05) is 25.4 Å². The first-order chi connectivity index (χ1) is 8.15. The lowest BCUT2D eigenvalue weighted by Gasteiger charge is -2.13. The lowest BCUT2D eigenvalue weighted by Crippen LogP contribution is -2.27. The van der Waals surface area contributed by atoms with Gasteiger partial charge in [0.2, 0.25) is 0 Å². The molecule has 1 fully saturated rings. The molecule has 3 nitrogen and oxygen atoms in total. The number of nitrogen functional groups attached to an aromatic ring is 1. The zero-order valence-electron chi connectivity index (χ0n) is 9.79. The lowest BCUT2D eigenvalue weighted by atomic mass is 10.1. The van der Waals surface area contributed by atoms with Crippen LogP contribution in [0.3, 0.4) is 0 Å². The average molecular weight is 297 g/mol. The van der Waals surface area contributed by atoms with E-state index >= 15 is 0 Å². The second-order valence-corrected chi connectivity index (χ2v) is 5.46. The van der Waals surface area contributed by atoms with Gasteiger partial charge in [-0.25, -0.2) is 0 Å². The highest BCUT2D eigenvalue weighted by atomic mass is 79.9. The Morgan fingerprint density at radius 2 is 2.06 bits per heavy atom. The van der Waals surface area contributed by atoms with Crippen LogP contribution in [0.25, 0.3) is 0 Å². The third-order valence-corrected chi connectivity index (χ3v) is 3.58. The lowest BCUT2D eigenvalue weighted by molar-refractivity contribution is -0.119. The zero-order chi connectivity index (χ0) is 12.3. The van der Waals surface area contributed by atoms with Crippen molar-refractivity contribution in [2.24, 2.45) is 0 Å². The van der Waals surface area contributed by atoms with Crippen LogP contribution in [0.5, 0.6) is 0 Å². The number of rotatable bonds is 4. The molecule has 0 atom stereocenters. The van der Waals surface area contributed by atoms with E-state index in [4.69, 9.17) is 5.73 Å². The maximum atomic E-state index is 11.9. The van der Waals surface area contributed by atoms with Gasteiger partial charge in [0, 0.05) is 16.6 Å². The van der Waals surface area contributed by atoms with Gasteiger partial charge in [0.05, 0.1) is 6.54 Å². The van der Waals surface area contributed by atoms with Gasteiger partial charge in [0.15, 0.2) is 5.78 Å². The third-order valence-electron chi connectivity index (χ3n) is 3.09. The van der Waals surface area contributed by atoms with Crippen molar-refractivity contribution in [1.82, 2.24) is 4.90 Å². The molecule has 1 heterocycles. The average Bonchev–Trinajstić information content (AvgIpc) is 2.76. The molecule has 0 spiro atoms. The van der Waals surface area contributed by atoms with E-state index < -0.39 is 0 Å². The van der Waals surface area contributed by atoms with Gasteiger partial charge in [-0.3, -0.25) is 9.69 Å². The van der Waals surface area contributed by atoms with Crippen molar-refractivity contribution in [3.8, 4) is 0 Å². The molecule has 1 aromatic carbocycles. The molecule has 1 saturated heterocycles. The number of likely N-dealkylation sites (tertiary alicyclic amines) is 1. The van der Waals surface area contributed by atoms with E-state index in [2.05, 4.69) is 20.8 Å². The minimum atomic E-state index is 0.247. The Balaban J connectivity index is 1.95. The molecule has 0 saturated carbocycles. The fraction of sp³-hybridized carbons (Fsp3) is 0.462. The molecule has 0 bridgehead atoms. The fourth-order valence-electron chi connectivity index (χ4n) is 2.19. The minimum absolute atomic E-state index is 0.247. The highest BCUT2D eigenvalue weighted by molar-refractivity contribution is 9.10. The normalized spacial score (nSPS) is 16.3. The van der Waals surface area contributed by atoms with E-state index in [1.165, 1.54) is 12.8 Å². The number of carbonyl (C=O) groups excluding carboxylic acids is 1. The van der Waals surface area contributed by atoms with Crippen LogP contribution in [0.1, 0.15) is 18.4 Å². The maximum Gasteiger partial charge on any atom is 0.151 e. The predicted molar refractivity (Wildman–Crippen MR) is 72.9 cm³/mol. The molecule has 0 unspecified atom stereocenters. The molecule has 0 aliphatic carbocycles. The number of hydrogen-bond acceptors (Lipinski definition) is 3. The molecule has 2 N–H and O–H groups in total. The summed E-state index contributed by atoms with van der Waals surface area (Å²) in [5, 5.41) is 0. The topological polar surface area (TPSA) is 46.3 Å². The van der Waals surface area contributed by atoms with Crippen LogP contribution < -0.4 is 5.73 Å². The van der Waals surface area contributed by atoms with Gasteiger partial charge in [0.25, 0.3) is 0 Å². The van der Waals surface area contributed by atoms with E-state index in [0.29, 0.717) is 18.7 Å². The van der Waals surface area contributed by atoms with Crippen molar-refractivity contribution < 1.29 is 4.79 Å². The molecule has 1 aliphatic rings. The van der Waals surface area contributed by atoms with Gasteiger partial charge in [-0.1, -0.05) is 15.9 Å². The van der Waals surface area contributed by atoms with Crippen molar-refractivity contribution in [2.45, 2.75) is 19.3 Å². The van der Waals surface area contributed by atoms with Gasteiger partial charge in [-0.05, 0) is 49.7 Å². The molecule has 2 rings (SSSR count). The van der Waals surface area contributed by atoms with Gasteiger partial charge < -0.3 is 5.73 Å². The zero-order valence-corrected chi connectivity index (χ0v) is 11.4. The standard InChI is InChI=1S/C13H17BrN2O/c14-11-3-4-13(15)10(7-11)8-12(17)9-16-5-1-2-6-16/h3-4,7H,1-2,5-6,8-9,15H2. The van der Waals surface area contributed by atoms with Crippen LogP contribution in [-0.4, -0.2) is 30.3 Å². The van der Waals surface area contributed by atoms with E-state index in [-0.39, 0.29) is 5.78 Å². The minimum Gasteiger partial charge on any atom is -0.398 e. The van der Waals surface area contributed by atoms with Crippen LogP contribution in [-0.2, 0) is 11.2 Å². The Hall–Kier alpha value is -0.870. The number of carbonyl (C=O) groups is 1. The Labute approximate surface area is 110 Å². The maximum absolute atomic E-state index is 11.9. The molecule has 92 valence electrons. The molecule has 17 heavy (non-hydrogen) atoms. The Bertz CT molecular complexity index is 414. The van der Waals surface area contributed by atoms with Crippen molar-refractivity contribution in [3.05, 3.63) is 28.2 Å². The first-order valence-electron chi connectivity index (χ1n) is 5.93. The quantitative estimate of drug-likeness (QED) is 0.867. The van der Waals surface area contributed by atoms with Crippen molar-refractivity contribution in [1.29, 1.82) is 0 Å². The van der Waals surface area contributed by atoms with Crippen LogP contribution in [0.4, 0.5) is 5.69 Å². The number of hydrogen-bond donors (Lipinski definition) is 1. The number of nitrogens with zero attached hydrogens (tertiary/aromatic N) is 1. The summed E-state index contributed by atoms with van der Waals surface area (Å²) in [6, 6.07) is 5.66. The largest absolute Gasteiger partial charge is 0.398 e. The summed E-state index contributed by atoms with van der Waals surface area (Å²) >= 11 is 3.40. The van der Waals surface area contributed by atoms with E-state index in [1.807, 2.05) is 18.2 Å². The highest BCUT2D eigenvalue weighted by Crippen LogP contribution is 2.19. The first kappa shape index (κ1) is 12.6. The van der Waals surface area contributed by atoms with Gasteiger partial charge in [0.1, 0.15) is 0 Å². The van der Waals surface area contributed by atoms with Crippen molar-refractivity contribution in [3.63, 3.8) is 0 Å². The molecule has 1 aromatic rings. The second kappa shape index (κ2) is 5.65. The molecule has 1 aliphatic heterocycles. The Morgan fingerprint density at radius 3 is 2.76 bits per heavy atom. The Morgan fingerprint density at radius 1 is 1.35 bits per heavy atom. The van der Waals surface area contributed by atoms with Gasteiger partial charge in [-0.2, -0.15) is 0 Å². The van der Waals surface area contributed by atoms with Crippen LogP contribution >= 0.6 is 15.9 Å². The van der Waals surface area contributed by atoms with Gasteiger partial charge in [-0.15, -0.1) is 0 Å². The summed E-state index contributed by atoms with van der Waals surface area (Å²) < 4.78 is 0.968. The van der Waals surface area contributed by atoms with Crippen molar-refractivity contribution >= 4 is 27.4 Å². The smallest absolute Gasteiger partial charge is 0.151 e. The SMILES string of the molecule is Nc1ccc(Br)cc1CC(=O)CN1CCCC1. The van der Waals surface area contributed by atoms with E-state index in [1.54, 1.807) is 0 Å². The monoisotopic (exact) mass is 296 g/mol. The number of benzene rings is 1. The fourth-order valence-corrected chi connectivity index (χ4v) is 2.59. The van der Waals surface area contributed by atoms with E-state index in [9.17, 15) is 4.79 Å². The molecule has 0 aromatic heterocycles. The second-order valence-electron chi connectivity index (χ2n) is 4.54. The Kier molecular flexibility index (Phi) is 4.18. The predicted octanol–water partition coefficient (Wildman–Crippen LogP) is 2.24. The number of Topliss-reactive ketones (excluding diaryl/α,β-unsaturated/α-hetero) is 1. The summed E-state index contributed by atoms with van der Waals surface area (Å²) in [5.41, 5.74) is 7.48.